The van der Waals surface area contributed by atoms with E-state index in [0.29, 0.717) is 24.3 Å². The van der Waals surface area contributed by atoms with Gasteiger partial charge in [-0.3, -0.25) is 9.89 Å². The maximum Gasteiger partial charge on any atom is 0.335 e. The lowest BCUT2D eigenvalue weighted by Gasteiger charge is -2.50. The van der Waals surface area contributed by atoms with Gasteiger partial charge in [-0.05, 0) is 49.0 Å². The zero-order chi connectivity index (χ0) is 22.7. The molecule has 1 aromatic heterocycles. The lowest BCUT2D eigenvalue weighted by molar-refractivity contribution is 0.0672. The van der Waals surface area contributed by atoms with Crippen LogP contribution in [0.1, 0.15) is 71.3 Å². The normalized spacial score (nSPS) is 23.8. The van der Waals surface area contributed by atoms with Crippen molar-refractivity contribution >= 4 is 17.4 Å². The number of amides is 1. The highest BCUT2D eigenvalue weighted by Crippen LogP contribution is 2.55. The number of carbonyl (C=O) groups excluding carboxylic acids is 1. The third-order valence-corrected chi connectivity index (χ3v) is 7.55. The summed E-state index contributed by atoms with van der Waals surface area (Å²) in [7, 11) is 0. The number of aryl methyl sites for hydroxylation is 1. The predicted octanol–water partition coefficient (Wildman–Crippen LogP) is 4.50. The van der Waals surface area contributed by atoms with Gasteiger partial charge in [-0.25, -0.2) is 4.79 Å². The molecule has 0 unspecified atom stereocenters. The summed E-state index contributed by atoms with van der Waals surface area (Å²) in [5.74, 6) is -0.888. The lowest BCUT2D eigenvalue weighted by Crippen LogP contribution is -2.49. The van der Waals surface area contributed by atoms with Crippen molar-refractivity contribution in [3.05, 3.63) is 70.1 Å². The molecule has 5 rings (SSSR count). The molecule has 0 saturated carbocycles. The predicted molar refractivity (Wildman–Crippen MR) is 122 cm³/mol. The molecule has 3 aliphatic rings. The van der Waals surface area contributed by atoms with Crippen LogP contribution in [-0.4, -0.2) is 45.2 Å². The van der Waals surface area contributed by atoms with Gasteiger partial charge in [0.15, 0.2) is 5.69 Å². The number of aromatic carboxylic acids is 1. The van der Waals surface area contributed by atoms with Crippen molar-refractivity contribution in [2.24, 2.45) is 10.8 Å². The van der Waals surface area contributed by atoms with Crippen LogP contribution in [0.3, 0.4) is 0 Å². The first-order valence-corrected chi connectivity index (χ1v) is 11.3. The molecule has 2 aliphatic carbocycles. The van der Waals surface area contributed by atoms with Crippen LogP contribution in [0.2, 0.25) is 0 Å². The van der Waals surface area contributed by atoms with Crippen molar-refractivity contribution in [3.8, 4) is 0 Å². The number of carbonyl (C=O) groups is 2. The molecule has 0 fully saturated rings. The molecule has 1 atom stereocenters. The minimum atomic E-state index is -0.914. The van der Waals surface area contributed by atoms with Gasteiger partial charge in [-0.15, -0.1) is 0 Å². The second kappa shape index (κ2) is 7.19. The van der Waals surface area contributed by atoms with Crippen LogP contribution in [0.15, 0.2) is 42.0 Å². The van der Waals surface area contributed by atoms with E-state index in [0.717, 1.165) is 42.5 Å². The zero-order valence-corrected chi connectivity index (χ0v) is 18.9. The van der Waals surface area contributed by atoms with Crippen molar-refractivity contribution in [2.75, 3.05) is 13.1 Å². The number of benzene rings is 1. The van der Waals surface area contributed by atoms with E-state index in [9.17, 15) is 14.7 Å². The summed E-state index contributed by atoms with van der Waals surface area (Å²) in [4.78, 5) is 26.5. The Balaban J connectivity index is 1.43. The smallest absolute Gasteiger partial charge is 0.335 e. The molecule has 6 nitrogen and oxygen atoms in total. The van der Waals surface area contributed by atoms with Crippen LogP contribution in [-0.2, 0) is 12.8 Å². The number of carboxylic acid groups (broad SMARTS) is 1. The Labute approximate surface area is 188 Å². The molecule has 1 amide bonds. The van der Waals surface area contributed by atoms with E-state index in [2.05, 4.69) is 43.1 Å². The number of fused-ring (bicyclic) bond motifs is 2. The largest absolute Gasteiger partial charge is 0.478 e. The monoisotopic (exact) mass is 431 g/mol. The SMILES string of the molecule is CC1(C)C(c2ccc(C(=O)O)cc2)=CC[C@]2(C)CN(C(=O)c3n[nH]c4c3CCC4)CC=C12. The molecule has 2 aromatic rings. The first-order chi connectivity index (χ1) is 15.2. The van der Waals surface area contributed by atoms with E-state index in [4.69, 9.17) is 0 Å². The summed E-state index contributed by atoms with van der Waals surface area (Å²) >= 11 is 0. The third kappa shape index (κ3) is 3.12. The average molecular weight is 432 g/mol. The summed E-state index contributed by atoms with van der Waals surface area (Å²) in [6.45, 7) is 7.96. The lowest BCUT2D eigenvalue weighted by atomic mass is 9.58. The Morgan fingerprint density at radius 3 is 2.56 bits per heavy atom. The van der Waals surface area contributed by atoms with Crippen molar-refractivity contribution in [1.82, 2.24) is 15.1 Å². The Kier molecular flexibility index (Phi) is 4.66. The molecule has 0 bridgehead atoms. The molecule has 32 heavy (non-hydrogen) atoms. The van der Waals surface area contributed by atoms with E-state index < -0.39 is 5.97 Å². The molecule has 6 heteroatoms. The van der Waals surface area contributed by atoms with Crippen molar-refractivity contribution < 1.29 is 14.7 Å². The summed E-state index contributed by atoms with van der Waals surface area (Å²) in [6.07, 6.45) is 8.33. The van der Waals surface area contributed by atoms with Crippen molar-refractivity contribution in [3.63, 3.8) is 0 Å². The number of hydrogen-bond donors (Lipinski definition) is 2. The first-order valence-electron chi connectivity index (χ1n) is 11.3. The van der Waals surface area contributed by atoms with Gasteiger partial charge in [-0.2, -0.15) is 5.10 Å². The third-order valence-electron chi connectivity index (χ3n) is 7.55. The van der Waals surface area contributed by atoms with Gasteiger partial charge >= 0.3 is 5.97 Å². The standard InChI is InChI=1S/C26H29N3O3/c1-25(2)19(16-7-9-17(10-8-16)24(31)32)11-13-26(3)15-29(14-12-21(25)26)23(30)22-18-5-4-6-20(18)27-28-22/h7-12H,4-6,13-15H2,1-3H3,(H,27,28)(H,31,32)/t26-/m1/s1. The van der Waals surface area contributed by atoms with Gasteiger partial charge in [0.1, 0.15) is 0 Å². The van der Waals surface area contributed by atoms with Gasteiger partial charge in [0.25, 0.3) is 5.91 Å². The first kappa shape index (κ1) is 20.7. The molecule has 2 heterocycles. The fraction of sp³-hybridized carbons (Fsp3) is 0.423. The number of hydrogen-bond acceptors (Lipinski definition) is 3. The molecule has 0 radical (unpaired) electrons. The molecule has 1 aromatic carbocycles. The van der Waals surface area contributed by atoms with E-state index >= 15 is 0 Å². The number of nitrogens with zero attached hydrogens (tertiary/aromatic N) is 2. The molecular weight excluding hydrogens is 402 g/mol. The van der Waals surface area contributed by atoms with Crippen LogP contribution in [0.5, 0.6) is 0 Å². The van der Waals surface area contributed by atoms with Crippen LogP contribution in [0.4, 0.5) is 0 Å². The second-order valence-electron chi connectivity index (χ2n) is 10.1. The summed E-state index contributed by atoms with van der Waals surface area (Å²) < 4.78 is 0. The van der Waals surface area contributed by atoms with E-state index in [1.54, 1.807) is 12.1 Å². The number of aromatic amines is 1. The van der Waals surface area contributed by atoms with Crippen LogP contribution in [0.25, 0.3) is 5.57 Å². The number of allylic oxidation sites excluding steroid dienone is 2. The Morgan fingerprint density at radius 2 is 1.84 bits per heavy atom. The van der Waals surface area contributed by atoms with Crippen molar-refractivity contribution in [1.29, 1.82) is 0 Å². The van der Waals surface area contributed by atoms with Crippen LogP contribution < -0.4 is 0 Å². The molecule has 1 aliphatic heterocycles. The van der Waals surface area contributed by atoms with Crippen LogP contribution in [0, 0.1) is 10.8 Å². The number of H-pyrrole nitrogens is 1. The number of nitrogens with one attached hydrogen (secondary N) is 1. The zero-order valence-electron chi connectivity index (χ0n) is 18.9. The summed E-state index contributed by atoms with van der Waals surface area (Å²) in [5.41, 5.74) is 6.38. The van der Waals surface area contributed by atoms with E-state index in [1.807, 2.05) is 17.0 Å². The number of carboxylic acids is 1. The van der Waals surface area contributed by atoms with Gasteiger partial charge in [0.05, 0.1) is 5.56 Å². The topological polar surface area (TPSA) is 86.3 Å². The highest BCUT2D eigenvalue weighted by molar-refractivity contribution is 5.94. The van der Waals surface area contributed by atoms with Crippen LogP contribution >= 0.6 is 0 Å². The molecule has 0 spiro atoms. The van der Waals surface area contributed by atoms with Gasteiger partial charge in [0.2, 0.25) is 0 Å². The molecule has 0 saturated heterocycles. The van der Waals surface area contributed by atoms with E-state index in [-0.39, 0.29) is 16.7 Å². The number of aromatic nitrogens is 2. The number of rotatable bonds is 3. The van der Waals surface area contributed by atoms with Crippen molar-refractivity contribution in [2.45, 2.75) is 46.5 Å². The Morgan fingerprint density at radius 1 is 1.09 bits per heavy atom. The highest BCUT2D eigenvalue weighted by Gasteiger charge is 2.46. The summed E-state index contributed by atoms with van der Waals surface area (Å²) in [5, 5.41) is 16.6. The Bertz CT molecular complexity index is 1170. The highest BCUT2D eigenvalue weighted by atomic mass is 16.4. The van der Waals surface area contributed by atoms with Gasteiger partial charge in [-0.1, -0.05) is 50.6 Å². The van der Waals surface area contributed by atoms with Gasteiger partial charge in [0, 0.05) is 35.2 Å². The minimum absolute atomic E-state index is 0.0257. The average Bonchev–Trinajstić information content (AvgIpc) is 3.36. The molecule has 2 N–H and O–H groups in total. The Hall–Kier alpha value is -3.15. The molecule has 166 valence electrons. The summed E-state index contributed by atoms with van der Waals surface area (Å²) in [6, 6.07) is 7.13. The fourth-order valence-corrected chi connectivity index (χ4v) is 6.00. The van der Waals surface area contributed by atoms with Gasteiger partial charge < -0.3 is 10.0 Å². The minimum Gasteiger partial charge on any atom is -0.478 e. The molecular formula is C26H29N3O3. The quantitative estimate of drug-likeness (QED) is 0.701. The second-order valence-corrected chi connectivity index (χ2v) is 10.1. The van der Waals surface area contributed by atoms with E-state index in [1.165, 1.54) is 11.1 Å². The maximum atomic E-state index is 13.3. The fourth-order valence-electron chi connectivity index (χ4n) is 6.00. The maximum absolute atomic E-state index is 13.3.